The van der Waals surface area contributed by atoms with Crippen LogP contribution in [0.5, 0.6) is 0 Å². The summed E-state index contributed by atoms with van der Waals surface area (Å²) >= 11 is 0. The lowest BCUT2D eigenvalue weighted by atomic mass is 10.2. The van der Waals surface area contributed by atoms with Gasteiger partial charge in [-0.3, -0.25) is 9.69 Å². The van der Waals surface area contributed by atoms with E-state index in [9.17, 15) is 9.59 Å². The minimum absolute atomic E-state index is 0.127. The van der Waals surface area contributed by atoms with E-state index in [2.05, 4.69) is 5.32 Å². The van der Waals surface area contributed by atoms with E-state index in [1.165, 1.54) is 4.90 Å². The van der Waals surface area contributed by atoms with Crippen LogP contribution in [0.2, 0.25) is 0 Å². The molecule has 1 aliphatic rings. The maximum atomic E-state index is 12.4. The quantitative estimate of drug-likeness (QED) is 0.911. The Kier molecular flexibility index (Phi) is 5.67. The van der Waals surface area contributed by atoms with Crippen molar-refractivity contribution >= 4 is 12.0 Å². The Balaban J connectivity index is 1.52. The summed E-state index contributed by atoms with van der Waals surface area (Å²) in [6.07, 6.45) is 1.05. The molecule has 5 heteroatoms. The Bertz CT molecular complexity index is 642. The summed E-state index contributed by atoms with van der Waals surface area (Å²) in [7, 11) is 0. The van der Waals surface area contributed by atoms with Crippen LogP contribution >= 0.6 is 0 Å². The van der Waals surface area contributed by atoms with Crippen molar-refractivity contribution in [1.29, 1.82) is 0 Å². The Labute approximate surface area is 147 Å². The molecule has 2 amide bonds. The number of nitrogens with one attached hydrogen (secondary N) is 1. The van der Waals surface area contributed by atoms with Gasteiger partial charge in [0, 0.05) is 13.1 Å². The van der Waals surface area contributed by atoms with Crippen molar-refractivity contribution in [1.82, 2.24) is 10.2 Å². The van der Waals surface area contributed by atoms with Gasteiger partial charge in [0.05, 0.1) is 0 Å². The Hall–Kier alpha value is -2.82. The fourth-order valence-electron chi connectivity index (χ4n) is 2.96. The molecule has 1 N–H and O–H groups in total. The van der Waals surface area contributed by atoms with Crippen molar-refractivity contribution in [3.05, 3.63) is 71.8 Å². The van der Waals surface area contributed by atoms with E-state index in [4.69, 9.17) is 4.74 Å². The van der Waals surface area contributed by atoms with Crippen LogP contribution in [0, 0.1) is 0 Å². The van der Waals surface area contributed by atoms with E-state index in [1.54, 1.807) is 0 Å². The maximum Gasteiger partial charge on any atom is 0.410 e. The van der Waals surface area contributed by atoms with Crippen molar-refractivity contribution in [2.24, 2.45) is 0 Å². The van der Waals surface area contributed by atoms with Crippen molar-refractivity contribution in [3.8, 4) is 0 Å². The van der Waals surface area contributed by atoms with Gasteiger partial charge in [0.1, 0.15) is 12.6 Å². The molecule has 5 nitrogen and oxygen atoms in total. The number of likely N-dealkylation sites (tertiary alicyclic amines) is 1. The first kappa shape index (κ1) is 17.0. The molecular weight excluding hydrogens is 316 g/mol. The lowest BCUT2D eigenvalue weighted by molar-refractivity contribution is -0.125. The highest BCUT2D eigenvalue weighted by Crippen LogP contribution is 2.19. The van der Waals surface area contributed by atoms with E-state index in [1.807, 2.05) is 60.7 Å². The second-order valence-electron chi connectivity index (χ2n) is 6.10. The van der Waals surface area contributed by atoms with Crippen molar-refractivity contribution in [2.45, 2.75) is 32.0 Å². The van der Waals surface area contributed by atoms with Gasteiger partial charge < -0.3 is 10.1 Å². The molecule has 0 unspecified atom stereocenters. The fraction of sp³-hybridized carbons (Fsp3) is 0.300. The monoisotopic (exact) mass is 338 g/mol. The Morgan fingerprint density at radius 2 is 1.64 bits per heavy atom. The van der Waals surface area contributed by atoms with Crippen molar-refractivity contribution < 1.29 is 14.3 Å². The minimum Gasteiger partial charge on any atom is -0.445 e. The molecule has 0 aromatic heterocycles. The van der Waals surface area contributed by atoms with Crippen LogP contribution in [0.15, 0.2) is 60.7 Å². The second-order valence-corrected chi connectivity index (χ2v) is 6.10. The van der Waals surface area contributed by atoms with Gasteiger partial charge in [-0.05, 0) is 24.0 Å². The number of hydrogen-bond acceptors (Lipinski definition) is 3. The molecule has 1 saturated heterocycles. The minimum atomic E-state index is -0.452. The summed E-state index contributed by atoms with van der Waals surface area (Å²) < 4.78 is 5.36. The van der Waals surface area contributed by atoms with Crippen LogP contribution in [0.25, 0.3) is 0 Å². The highest BCUT2D eigenvalue weighted by atomic mass is 16.6. The zero-order valence-electron chi connectivity index (χ0n) is 14.1. The largest absolute Gasteiger partial charge is 0.445 e. The molecular formula is C20H22N2O3. The zero-order chi connectivity index (χ0) is 17.5. The van der Waals surface area contributed by atoms with E-state index in [0.29, 0.717) is 19.5 Å². The Morgan fingerprint density at radius 1 is 1.00 bits per heavy atom. The predicted octanol–water partition coefficient (Wildman–Crippen LogP) is 3.10. The lowest BCUT2D eigenvalue weighted by Crippen LogP contribution is -2.45. The molecule has 25 heavy (non-hydrogen) atoms. The van der Waals surface area contributed by atoms with Crippen LogP contribution in [0.1, 0.15) is 24.0 Å². The van der Waals surface area contributed by atoms with Crippen LogP contribution < -0.4 is 5.32 Å². The number of rotatable bonds is 5. The summed E-state index contributed by atoms with van der Waals surface area (Å²) in [6.45, 7) is 1.23. The van der Waals surface area contributed by atoms with Gasteiger partial charge in [-0.1, -0.05) is 60.7 Å². The molecule has 0 spiro atoms. The summed E-state index contributed by atoms with van der Waals surface area (Å²) in [6, 6.07) is 18.8. The number of carbonyl (C=O) groups excluding carboxylic acids is 2. The molecule has 130 valence electrons. The first-order chi connectivity index (χ1) is 12.2. The molecule has 0 aliphatic carbocycles. The third kappa shape index (κ3) is 4.59. The maximum absolute atomic E-state index is 12.4. The van der Waals surface area contributed by atoms with E-state index >= 15 is 0 Å². The van der Waals surface area contributed by atoms with Gasteiger partial charge in [0.2, 0.25) is 5.91 Å². The topological polar surface area (TPSA) is 58.6 Å². The average Bonchev–Trinajstić information content (AvgIpc) is 3.16. The summed E-state index contributed by atoms with van der Waals surface area (Å²) in [5, 5.41) is 2.91. The standard InChI is InChI=1S/C20H22N2O3/c23-19(21-14-16-8-3-1-4-9-16)18-12-7-13-22(18)20(24)25-15-17-10-5-2-6-11-17/h1-6,8-11,18H,7,12-15H2,(H,21,23)/t18-/m1/s1. The van der Waals surface area contributed by atoms with Gasteiger partial charge in [0.25, 0.3) is 0 Å². The van der Waals surface area contributed by atoms with Crippen molar-refractivity contribution in [2.75, 3.05) is 6.54 Å². The highest BCUT2D eigenvalue weighted by molar-refractivity contribution is 5.86. The molecule has 0 bridgehead atoms. The van der Waals surface area contributed by atoms with E-state index in [-0.39, 0.29) is 12.5 Å². The highest BCUT2D eigenvalue weighted by Gasteiger charge is 2.34. The summed E-state index contributed by atoms with van der Waals surface area (Å²) in [4.78, 5) is 26.3. The lowest BCUT2D eigenvalue weighted by Gasteiger charge is -2.23. The number of hydrogen-bond donors (Lipinski definition) is 1. The molecule has 1 heterocycles. The third-order valence-corrected chi connectivity index (χ3v) is 4.30. The Morgan fingerprint density at radius 3 is 2.32 bits per heavy atom. The molecule has 1 atom stereocenters. The summed E-state index contributed by atoms with van der Waals surface area (Å²) in [5.74, 6) is -0.127. The molecule has 3 rings (SSSR count). The first-order valence-corrected chi connectivity index (χ1v) is 8.53. The van der Waals surface area contributed by atoms with E-state index in [0.717, 1.165) is 17.5 Å². The van der Waals surface area contributed by atoms with Gasteiger partial charge in [-0.2, -0.15) is 0 Å². The van der Waals surface area contributed by atoms with Crippen LogP contribution in [0.4, 0.5) is 4.79 Å². The molecule has 0 saturated carbocycles. The average molecular weight is 338 g/mol. The number of amides is 2. The van der Waals surface area contributed by atoms with E-state index < -0.39 is 12.1 Å². The molecule has 2 aromatic rings. The van der Waals surface area contributed by atoms with Crippen molar-refractivity contribution in [3.63, 3.8) is 0 Å². The van der Waals surface area contributed by atoms with Crippen LogP contribution in [-0.2, 0) is 22.7 Å². The first-order valence-electron chi connectivity index (χ1n) is 8.53. The normalized spacial score (nSPS) is 16.5. The molecule has 1 aliphatic heterocycles. The summed E-state index contributed by atoms with van der Waals surface area (Å²) in [5.41, 5.74) is 1.96. The van der Waals surface area contributed by atoms with Gasteiger partial charge >= 0.3 is 6.09 Å². The number of carbonyl (C=O) groups is 2. The van der Waals surface area contributed by atoms with Crippen LogP contribution in [0.3, 0.4) is 0 Å². The van der Waals surface area contributed by atoms with Gasteiger partial charge in [-0.15, -0.1) is 0 Å². The van der Waals surface area contributed by atoms with Gasteiger partial charge in [0.15, 0.2) is 0 Å². The number of benzene rings is 2. The second kappa shape index (κ2) is 8.33. The molecule has 1 fully saturated rings. The van der Waals surface area contributed by atoms with Gasteiger partial charge in [-0.25, -0.2) is 4.79 Å². The predicted molar refractivity (Wildman–Crippen MR) is 94.6 cm³/mol. The van der Waals surface area contributed by atoms with Crippen LogP contribution in [-0.4, -0.2) is 29.5 Å². The molecule has 0 radical (unpaired) electrons. The zero-order valence-corrected chi connectivity index (χ0v) is 14.1. The SMILES string of the molecule is O=C(NCc1ccccc1)[C@H]1CCCN1C(=O)OCc1ccccc1. The third-order valence-electron chi connectivity index (χ3n) is 4.30. The smallest absolute Gasteiger partial charge is 0.410 e. The number of nitrogens with zero attached hydrogens (tertiary/aromatic N) is 1. The fourth-order valence-corrected chi connectivity index (χ4v) is 2.96. The number of ether oxygens (including phenoxy) is 1. The molecule has 2 aromatic carbocycles.